The van der Waals surface area contributed by atoms with Crippen molar-refractivity contribution in [1.82, 2.24) is 20.2 Å². The average Bonchev–Trinajstić information content (AvgIpc) is 3.67. The van der Waals surface area contributed by atoms with Gasteiger partial charge in [-0.25, -0.2) is 4.98 Å². The number of nitrogens with one attached hydrogen (secondary N) is 3. The fourth-order valence-corrected chi connectivity index (χ4v) is 7.13. The summed E-state index contributed by atoms with van der Waals surface area (Å²) in [6.45, 7) is 6.01. The molecule has 1 fully saturated rings. The molecule has 6 rings (SSSR count). The van der Waals surface area contributed by atoms with Crippen molar-refractivity contribution in [2.45, 2.75) is 64.6 Å². The van der Waals surface area contributed by atoms with Crippen LogP contribution in [0.2, 0.25) is 0 Å². The molecule has 3 aromatic carbocycles. The number of hydrogen-bond donors (Lipinski definition) is 3. The van der Waals surface area contributed by atoms with E-state index in [1.54, 1.807) is 33.5 Å². The minimum atomic E-state index is -0.665. The minimum absolute atomic E-state index is 0.0830. The van der Waals surface area contributed by atoms with Crippen LogP contribution in [0.4, 0.5) is 5.69 Å². The first-order valence-electron chi connectivity index (χ1n) is 16.4. The molecule has 3 atom stereocenters. The van der Waals surface area contributed by atoms with Crippen molar-refractivity contribution in [2.75, 3.05) is 33.2 Å². The summed E-state index contributed by atoms with van der Waals surface area (Å²) in [5.74, 6) is 1.80. The molecule has 0 saturated carbocycles. The number of hydrogen-bond acceptors (Lipinski definition) is 8. The molecule has 0 radical (unpaired) electrons. The number of para-hydroxylation sites is 2. The van der Waals surface area contributed by atoms with E-state index < -0.39 is 12.1 Å². The number of methoxy groups -OCH3 is 3. The Labute approximate surface area is 280 Å². The van der Waals surface area contributed by atoms with Crippen LogP contribution in [0, 0.1) is 5.92 Å². The second-order valence-corrected chi connectivity index (χ2v) is 12.8. The Kier molecular flexibility index (Phi) is 9.30. The lowest BCUT2D eigenvalue weighted by atomic mass is 9.95. The van der Waals surface area contributed by atoms with E-state index in [0.717, 1.165) is 46.4 Å². The predicted molar refractivity (Wildman–Crippen MR) is 185 cm³/mol. The van der Waals surface area contributed by atoms with Gasteiger partial charge in [-0.1, -0.05) is 32.0 Å². The molecule has 1 aliphatic carbocycles. The number of nitrogens with zero attached hydrogens (tertiary/aromatic N) is 2. The van der Waals surface area contributed by atoms with Gasteiger partial charge in [0.25, 0.3) is 0 Å². The third-order valence-electron chi connectivity index (χ3n) is 9.42. The Morgan fingerprint density at radius 3 is 2.46 bits per heavy atom. The molecule has 0 bridgehead atoms. The molecule has 252 valence electrons. The summed E-state index contributed by atoms with van der Waals surface area (Å²) in [5, 5.41) is 6.37. The van der Waals surface area contributed by atoms with Crippen LogP contribution in [0.15, 0.2) is 53.3 Å². The normalized spacial score (nSPS) is 17.7. The molecule has 2 aliphatic rings. The molecular weight excluding hydrogens is 610 g/mol. The van der Waals surface area contributed by atoms with Crippen molar-refractivity contribution in [3.63, 3.8) is 0 Å². The number of carbonyl (C=O) groups is 2. The largest absolute Gasteiger partial charge is 0.493 e. The summed E-state index contributed by atoms with van der Waals surface area (Å²) >= 11 is 0. The summed E-state index contributed by atoms with van der Waals surface area (Å²) in [5.41, 5.74) is 4.88. The number of likely N-dealkylation sites (tertiary alicyclic amines) is 1. The number of ether oxygens (including phenoxy) is 3. The maximum atomic E-state index is 14.3. The van der Waals surface area contributed by atoms with E-state index in [0.29, 0.717) is 42.2 Å². The zero-order valence-corrected chi connectivity index (χ0v) is 28.3. The van der Waals surface area contributed by atoms with Crippen molar-refractivity contribution in [1.29, 1.82) is 0 Å². The molecule has 1 aliphatic heterocycles. The van der Waals surface area contributed by atoms with Gasteiger partial charge in [-0.05, 0) is 78.6 Å². The van der Waals surface area contributed by atoms with Crippen LogP contribution in [0.3, 0.4) is 0 Å². The Balaban J connectivity index is 1.41. The molecule has 11 heteroatoms. The molecule has 1 aromatic heterocycles. The molecule has 0 unspecified atom stereocenters. The van der Waals surface area contributed by atoms with Crippen LogP contribution >= 0.6 is 0 Å². The molecule has 1 saturated heterocycles. The van der Waals surface area contributed by atoms with Gasteiger partial charge in [0, 0.05) is 19.0 Å². The highest BCUT2D eigenvalue weighted by Crippen LogP contribution is 2.50. The SMILES string of the molecule is COc1cc2c(c(OC)c1OC)-c1ccc(N[C@@H](C(=O)N3CCC[C@@H]3c3nc4ccccc4[nH]3)C(C)C)c(=O)cc1[C@H](NC(C)=O)CC2. The lowest BCUT2D eigenvalue weighted by Crippen LogP contribution is -2.46. The number of benzene rings is 2. The molecule has 4 aromatic rings. The number of aromatic nitrogens is 2. The van der Waals surface area contributed by atoms with Crippen LogP contribution in [-0.2, 0) is 16.0 Å². The standard InChI is InChI=1S/C37H43N5O6/c1-20(2)33(37(45)42-17-9-12-29(42)36-40-26-10-7-8-11-27(26)41-36)39-28-16-14-23-24(19-30(28)44)25(38-21(3)43)15-13-22-18-31(46-4)34(47-5)35(48-6)32(22)23/h7-8,10-11,14,16,18-20,25,29,33H,9,12-13,15,17H2,1-6H3,(H,38,43)(H,39,44)(H,40,41)/t25-,29-,33-/m1/s1. The fraction of sp³-hybridized carbons (Fsp3) is 0.405. The van der Waals surface area contributed by atoms with Crippen LogP contribution < -0.4 is 30.3 Å². The van der Waals surface area contributed by atoms with Gasteiger partial charge in [0.1, 0.15) is 11.9 Å². The molecular formula is C37H43N5O6. The Morgan fingerprint density at radius 2 is 1.77 bits per heavy atom. The lowest BCUT2D eigenvalue weighted by Gasteiger charge is -2.30. The van der Waals surface area contributed by atoms with Crippen molar-refractivity contribution >= 4 is 28.5 Å². The van der Waals surface area contributed by atoms with Gasteiger partial charge >= 0.3 is 0 Å². The zero-order chi connectivity index (χ0) is 34.1. The number of rotatable bonds is 9. The Bertz CT molecular complexity index is 1890. The van der Waals surface area contributed by atoms with Crippen molar-refractivity contribution in [3.8, 4) is 28.4 Å². The predicted octanol–water partition coefficient (Wildman–Crippen LogP) is 5.54. The number of aryl methyl sites for hydroxylation is 1. The van der Waals surface area contributed by atoms with E-state index in [-0.39, 0.29) is 34.9 Å². The maximum Gasteiger partial charge on any atom is 0.245 e. The van der Waals surface area contributed by atoms with Gasteiger partial charge in [0.15, 0.2) is 11.5 Å². The lowest BCUT2D eigenvalue weighted by molar-refractivity contribution is -0.134. The first-order valence-corrected chi connectivity index (χ1v) is 16.4. The topological polar surface area (TPSA) is 135 Å². The number of anilines is 1. The summed E-state index contributed by atoms with van der Waals surface area (Å²) in [7, 11) is 4.69. The van der Waals surface area contributed by atoms with Crippen LogP contribution in [0.5, 0.6) is 17.2 Å². The monoisotopic (exact) mass is 653 g/mol. The number of carbonyl (C=O) groups excluding carboxylic acids is 2. The first kappa shape index (κ1) is 32.9. The second kappa shape index (κ2) is 13.6. The minimum Gasteiger partial charge on any atom is -0.493 e. The van der Waals surface area contributed by atoms with Crippen LogP contribution in [-0.4, -0.2) is 60.6 Å². The second-order valence-electron chi connectivity index (χ2n) is 12.8. The van der Waals surface area contributed by atoms with Gasteiger partial charge in [0.2, 0.25) is 23.0 Å². The number of aromatic amines is 1. The van der Waals surface area contributed by atoms with Gasteiger partial charge in [0.05, 0.1) is 50.1 Å². The Morgan fingerprint density at radius 1 is 1.00 bits per heavy atom. The smallest absolute Gasteiger partial charge is 0.245 e. The third-order valence-corrected chi connectivity index (χ3v) is 9.42. The number of amides is 2. The van der Waals surface area contributed by atoms with E-state index in [1.807, 2.05) is 55.1 Å². The van der Waals surface area contributed by atoms with Gasteiger partial charge in [-0.15, -0.1) is 0 Å². The zero-order valence-electron chi connectivity index (χ0n) is 28.3. The van der Waals surface area contributed by atoms with E-state index in [1.165, 1.54) is 6.92 Å². The van der Waals surface area contributed by atoms with Gasteiger partial charge in [-0.3, -0.25) is 14.4 Å². The highest BCUT2D eigenvalue weighted by atomic mass is 16.5. The summed E-state index contributed by atoms with van der Waals surface area (Å²) in [4.78, 5) is 50.7. The molecule has 2 amide bonds. The molecule has 11 nitrogen and oxygen atoms in total. The van der Waals surface area contributed by atoms with Crippen LogP contribution in [0.1, 0.15) is 69.1 Å². The van der Waals surface area contributed by atoms with Crippen molar-refractivity contribution < 1.29 is 23.8 Å². The maximum absolute atomic E-state index is 14.3. The number of H-pyrrole nitrogens is 1. The summed E-state index contributed by atoms with van der Waals surface area (Å²) in [6, 6.07) is 13.6. The Hall–Kier alpha value is -5.06. The highest BCUT2D eigenvalue weighted by molar-refractivity contribution is 5.87. The van der Waals surface area contributed by atoms with Crippen molar-refractivity contribution in [3.05, 3.63) is 75.7 Å². The molecule has 48 heavy (non-hydrogen) atoms. The summed E-state index contributed by atoms with van der Waals surface area (Å²) in [6.07, 6.45) is 2.81. The average molecular weight is 654 g/mol. The van der Waals surface area contributed by atoms with Gasteiger partial charge in [-0.2, -0.15) is 0 Å². The van der Waals surface area contributed by atoms with Gasteiger partial charge < -0.3 is 34.7 Å². The number of fused-ring (bicyclic) bond motifs is 4. The van der Waals surface area contributed by atoms with E-state index >= 15 is 0 Å². The number of imidazole rings is 1. The molecule has 0 spiro atoms. The molecule has 3 N–H and O–H groups in total. The van der Waals surface area contributed by atoms with Crippen LogP contribution in [0.25, 0.3) is 22.2 Å². The molecule has 2 heterocycles. The quantitative estimate of drug-likeness (QED) is 0.214. The van der Waals surface area contributed by atoms with E-state index in [4.69, 9.17) is 19.2 Å². The van der Waals surface area contributed by atoms with E-state index in [9.17, 15) is 14.4 Å². The third kappa shape index (κ3) is 6.05. The summed E-state index contributed by atoms with van der Waals surface area (Å²) < 4.78 is 17.2. The van der Waals surface area contributed by atoms with E-state index in [2.05, 4.69) is 15.6 Å². The van der Waals surface area contributed by atoms with Crippen molar-refractivity contribution in [2.24, 2.45) is 5.92 Å². The fourth-order valence-electron chi connectivity index (χ4n) is 7.13. The first-order chi connectivity index (χ1) is 23.1. The highest BCUT2D eigenvalue weighted by Gasteiger charge is 2.37.